The average molecular weight is 301 g/mol. The second-order valence-electron chi connectivity index (χ2n) is 4.95. The van der Waals surface area contributed by atoms with Crippen molar-refractivity contribution in [2.45, 2.75) is 25.2 Å². The second-order valence-corrected chi connectivity index (χ2v) is 6.78. The maximum Gasteiger partial charge on any atom is 0.273 e. The number of nitrogens with two attached hydrogens (primary N) is 1. The van der Waals surface area contributed by atoms with Crippen LogP contribution in [0.2, 0.25) is 0 Å². The summed E-state index contributed by atoms with van der Waals surface area (Å²) < 4.78 is 24.0. The summed E-state index contributed by atoms with van der Waals surface area (Å²) in [5, 5.41) is 9.41. The maximum absolute atomic E-state index is 11.9. The van der Waals surface area contributed by atoms with Gasteiger partial charge in [0.05, 0.1) is 17.6 Å². The van der Waals surface area contributed by atoms with Gasteiger partial charge in [0.2, 0.25) is 10.0 Å². The molecule has 1 aromatic heterocycles. The van der Waals surface area contributed by atoms with Crippen LogP contribution in [0.15, 0.2) is 0 Å². The Morgan fingerprint density at radius 2 is 2.15 bits per heavy atom. The molecule has 0 unspecified atom stereocenters. The highest BCUT2D eigenvalue weighted by Crippen LogP contribution is 2.42. The lowest BCUT2D eigenvalue weighted by molar-refractivity contribution is 0.0949. The van der Waals surface area contributed by atoms with Crippen molar-refractivity contribution >= 4 is 21.6 Å². The maximum atomic E-state index is 11.9. The van der Waals surface area contributed by atoms with Crippen molar-refractivity contribution in [3.63, 3.8) is 0 Å². The molecular weight excluding hydrogens is 282 g/mol. The average Bonchev–Trinajstić information content (AvgIpc) is 3.11. The Morgan fingerprint density at radius 1 is 1.45 bits per heavy atom. The molecule has 1 aromatic rings. The molecule has 1 aliphatic rings. The normalized spacial score (nSPS) is 15.2. The van der Waals surface area contributed by atoms with Crippen molar-refractivity contribution in [2.75, 3.05) is 25.1 Å². The van der Waals surface area contributed by atoms with E-state index in [0.29, 0.717) is 24.6 Å². The van der Waals surface area contributed by atoms with Gasteiger partial charge < -0.3 is 11.1 Å². The molecule has 0 saturated heterocycles. The van der Waals surface area contributed by atoms with Crippen molar-refractivity contribution in [2.24, 2.45) is 0 Å². The molecular formula is C11H19N5O3S. The minimum Gasteiger partial charge on any atom is -0.395 e. The first-order chi connectivity index (χ1) is 9.38. The van der Waals surface area contributed by atoms with Crippen LogP contribution in [0.3, 0.4) is 0 Å². The van der Waals surface area contributed by atoms with Gasteiger partial charge in [0.25, 0.3) is 5.91 Å². The van der Waals surface area contributed by atoms with Crippen molar-refractivity contribution in [3.8, 4) is 0 Å². The molecule has 1 heterocycles. The van der Waals surface area contributed by atoms with Gasteiger partial charge >= 0.3 is 0 Å². The molecule has 0 aliphatic heterocycles. The molecule has 0 bridgehead atoms. The molecule has 0 radical (unpaired) electrons. The van der Waals surface area contributed by atoms with E-state index in [0.717, 1.165) is 24.8 Å². The minimum absolute atomic E-state index is 0.211. The fourth-order valence-corrected chi connectivity index (χ4v) is 2.37. The Hall–Kier alpha value is -1.61. The largest absolute Gasteiger partial charge is 0.395 e. The fraction of sp³-hybridized carbons (Fsp3) is 0.636. The first-order valence-electron chi connectivity index (χ1n) is 6.45. The number of sulfonamides is 1. The Kier molecular flexibility index (Phi) is 4.29. The van der Waals surface area contributed by atoms with Gasteiger partial charge in [-0.15, -0.1) is 0 Å². The quantitative estimate of drug-likeness (QED) is 0.506. The molecule has 2 rings (SSSR count). The van der Waals surface area contributed by atoms with E-state index in [1.165, 1.54) is 0 Å². The number of H-pyrrole nitrogens is 1. The summed E-state index contributed by atoms with van der Waals surface area (Å²) >= 11 is 0. The summed E-state index contributed by atoms with van der Waals surface area (Å²) in [5.41, 5.74) is 7.36. The number of carbonyl (C=O) groups is 1. The van der Waals surface area contributed by atoms with Crippen LogP contribution >= 0.6 is 0 Å². The molecule has 9 heteroatoms. The monoisotopic (exact) mass is 301 g/mol. The molecule has 1 aliphatic carbocycles. The number of carbonyl (C=O) groups excluding carboxylic acids is 1. The molecule has 112 valence electrons. The number of amides is 1. The van der Waals surface area contributed by atoms with Gasteiger partial charge in [0.1, 0.15) is 0 Å². The van der Waals surface area contributed by atoms with Gasteiger partial charge in [0, 0.05) is 19.0 Å². The number of anilines is 1. The van der Waals surface area contributed by atoms with Crippen molar-refractivity contribution in [3.05, 3.63) is 11.4 Å². The predicted octanol–water partition coefficient (Wildman–Crippen LogP) is -0.462. The van der Waals surface area contributed by atoms with E-state index in [2.05, 4.69) is 20.2 Å². The Bertz CT molecular complexity index is 591. The molecule has 5 N–H and O–H groups in total. The van der Waals surface area contributed by atoms with Crippen LogP contribution in [0.5, 0.6) is 0 Å². The topological polar surface area (TPSA) is 130 Å². The minimum atomic E-state index is -3.18. The lowest BCUT2D eigenvalue weighted by atomic mass is 10.2. The van der Waals surface area contributed by atoms with E-state index in [-0.39, 0.29) is 18.1 Å². The number of nitrogens with zero attached hydrogens (tertiary/aromatic N) is 1. The Labute approximate surface area is 117 Å². The third kappa shape index (κ3) is 3.94. The highest BCUT2D eigenvalue weighted by Gasteiger charge is 2.30. The van der Waals surface area contributed by atoms with Gasteiger partial charge in [-0.05, 0) is 19.3 Å². The molecule has 0 atom stereocenters. The third-order valence-electron chi connectivity index (χ3n) is 3.04. The summed E-state index contributed by atoms with van der Waals surface area (Å²) in [6.45, 7) is 0.634. The van der Waals surface area contributed by atoms with Crippen LogP contribution in [-0.2, 0) is 10.0 Å². The highest BCUT2D eigenvalue weighted by molar-refractivity contribution is 7.88. The van der Waals surface area contributed by atoms with Gasteiger partial charge in [0.15, 0.2) is 5.69 Å². The van der Waals surface area contributed by atoms with Gasteiger partial charge in [-0.2, -0.15) is 5.10 Å². The van der Waals surface area contributed by atoms with Crippen LogP contribution < -0.4 is 15.8 Å². The summed E-state index contributed by atoms with van der Waals surface area (Å²) in [6.07, 6.45) is 3.74. The third-order valence-corrected chi connectivity index (χ3v) is 3.77. The lowest BCUT2D eigenvalue weighted by Gasteiger charge is -2.04. The van der Waals surface area contributed by atoms with Crippen LogP contribution in [-0.4, -0.2) is 43.9 Å². The van der Waals surface area contributed by atoms with E-state index < -0.39 is 10.0 Å². The second kappa shape index (κ2) is 5.80. The molecule has 0 spiro atoms. The number of nitrogens with one attached hydrogen (secondary N) is 3. The van der Waals surface area contributed by atoms with Crippen molar-refractivity contribution in [1.29, 1.82) is 0 Å². The summed E-state index contributed by atoms with van der Waals surface area (Å²) in [5.74, 6) is 0.0630. The van der Waals surface area contributed by atoms with Gasteiger partial charge in [-0.3, -0.25) is 9.89 Å². The summed E-state index contributed by atoms with van der Waals surface area (Å²) in [4.78, 5) is 11.9. The Balaban J connectivity index is 1.77. The number of aromatic amines is 1. The van der Waals surface area contributed by atoms with Gasteiger partial charge in [-0.1, -0.05) is 0 Å². The predicted molar refractivity (Wildman–Crippen MR) is 74.8 cm³/mol. The first kappa shape index (κ1) is 14.8. The number of hydrogen-bond donors (Lipinski definition) is 4. The molecule has 20 heavy (non-hydrogen) atoms. The summed E-state index contributed by atoms with van der Waals surface area (Å²) in [6, 6.07) is 0. The number of nitrogen functional groups attached to an aromatic ring is 1. The molecule has 1 saturated carbocycles. The standard InChI is InChI=1S/C11H19N5O3S/c1-20(18,19)14-6-2-5-13-11(17)10-8(12)9(15-16-10)7-3-4-7/h7,14H,2-6,12H2,1H3,(H,13,17)(H,15,16). The number of aromatic nitrogens is 2. The van der Waals surface area contributed by atoms with E-state index in [1.807, 2.05) is 0 Å². The SMILES string of the molecule is CS(=O)(=O)NCCCNC(=O)c1n[nH]c(C2CC2)c1N. The number of hydrogen-bond acceptors (Lipinski definition) is 5. The first-order valence-corrected chi connectivity index (χ1v) is 8.34. The lowest BCUT2D eigenvalue weighted by Crippen LogP contribution is -2.29. The zero-order valence-corrected chi connectivity index (χ0v) is 12.1. The smallest absolute Gasteiger partial charge is 0.273 e. The van der Waals surface area contributed by atoms with E-state index in [4.69, 9.17) is 5.73 Å². The molecule has 8 nitrogen and oxygen atoms in total. The van der Waals surface area contributed by atoms with Crippen LogP contribution in [0.1, 0.15) is 41.4 Å². The van der Waals surface area contributed by atoms with E-state index in [9.17, 15) is 13.2 Å². The molecule has 1 amide bonds. The van der Waals surface area contributed by atoms with Crippen molar-refractivity contribution < 1.29 is 13.2 Å². The zero-order chi connectivity index (χ0) is 14.8. The number of rotatable bonds is 7. The Morgan fingerprint density at radius 3 is 2.75 bits per heavy atom. The molecule has 1 fully saturated rings. The van der Waals surface area contributed by atoms with Crippen molar-refractivity contribution in [1.82, 2.24) is 20.2 Å². The van der Waals surface area contributed by atoms with Crippen LogP contribution in [0, 0.1) is 0 Å². The van der Waals surface area contributed by atoms with E-state index >= 15 is 0 Å². The zero-order valence-electron chi connectivity index (χ0n) is 11.3. The van der Waals surface area contributed by atoms with E-state index in [1.54, 1.807) is 0 Å². The molecule has 0 aromatic carbocycles. The van der Waals surface area contributed by atoms with Crippen LogP contribution in [0.4, 0.5) is 5.69 Å². The van der Waals surface area contributed by atoms with Crippen LogP contribution in [0.25, 0.3) is 0 Å². The fourth-order valence-electron chi connectivity index (χ4n) is 1.85. The summed E-state index contributed by atoms with van der Waals surface area (Å²) in [7, 11) is -3.18. The van der Waals surface area contributed by atoms with Gasteiger partial charge in [-0.25, -0.2) is 13.1 Å². The highest BCUT2D eigenvalue weighted by atomic mass is 32.2.